The zero-order valence-electron chi connectivity index (χ0n) is 27.7. The largest absolute Gasteiger partial charge is 0.435 e. The fourth-order valence-corrected chi connectivity index (χ4v) is 6.71. The minimum Gasteiger partial charge on any atom is -0.378 e. The van der Waals surface area contributed by atoms with Gasteiger partial charge in [-0.1, -0.05) is 5.92 Å². The van der Waals surface area contributed by atoms with Crippen LogP contribution in [0, 0.1) is 41.0 Å². The molecule has 2 heterocycles. The number of carbonyl (C=O) groups is 2. The number of pyridine rings is 1. The molecule has 1 fully saturated rings. The van der Waals surface area contributed by atoms with Crippen molar-refractivity contribution in [1.29, 1.82) is 0 Å². The van der Waals surface area contributed by atoms with Crippen LogP contribution in [0.4, 0.5) is 39.5 Å². The molecule has 8 nitrogen and oxygen atoms in total. The van der Waals surface area contributed by atoms with Gasteiger partial charge in [-0.2, -0.15) is 27.1 Å². The van der Waals surface area contributed by atoms with Gasteiger partial charge in [-0.25, -0.2) is 22.5 Å². The topological polar surface area (TPSA) is 123 Å². The van der Waals surface area contributed by atoms with Crippen LogP contribution in [-0.2, 0) is 29.9 Å². The molecule has 3 atom stereocenters. The minimum absolute atomic E-state index is 0.0370. The van der Waals surface area contributed by atoms with Crippen LogP contribution < -0.4 is 11.1 Å². The molecule has 0 spiro atoms. The predicted octanol–water partition coefficient (Wildman–Crippen LogP) is 6.44. The summed E-state index contributed by atoms with van der Waals surface area (Å²) in [7, 11) is 0. The van der Waals surface area contributed by atoms with Crippen molar-refractivity contribution in [1.82, 2.24) is 20.1 Å². The summed E-state index contributed by atoms with van der Waals surface area (Å²) < 4.78 is 131. The lowest BCUT2D eigenvalue weighted by Gasteiger charge is -2.34. The minimum atomic E-state index is -5.12. The van der Waals surface area contributed by atoms with Crippen LogP contribution in [0.2, 0.25) is 0 Å². The van der Waals surface area contributed by atoms with Crippen LogP contribution in [0.1, 0.15) is 82.9 Å². The molecular formula is C36H28F9N5O3. The lowest BCUT2D eigenvalue weighted by atomic mass is 9.73. The van der Waals surface area contributed by atoms with Crippen molar-refractivity contribution in [2.75, 3.05) is 0 Å². The highest BCUT2D eigenvalue weighted by Crippen LogP contribution is 2.64. The number of fused-ring (bicyclic) bond motifs is 3. The second-order valence-electron chi connectivity index (χ2n) is 13.4. The lowest BCUT2D eigenvalue weighted by molar-refractivity contribution is -0.144. The van der Waals surface area contributed by atoms with Crippen LogP contribution in [-0.4, -0.2) is 37.3 Å². The molecule has 2 aromatic heterocycles. The number of halogens is 9. The van der Waals surface area contributed by atoms with Gasteiger partial charge in [0.25, 0.3) is 11.8 Å². The number of aliphatic hydroxyl groups is 1. The number of hydrogen-bond acceptors (Lipinski definition) is 5. The summed E-state index contributed by atoms with van der Waals surface area (Å²) in [5.74, 6) is -8.81. The molecule has 2 amide bonds. The van der Waals surface area contributed by atoms with E-state index < -0.39 is 106 Å². The summed E-state index contributed by atoms with van der Waals surface area (Å²) in [5, 5.41) is 16.0. The molecule has 0 saturated heterocycles. The molecule has 0 unspecified atom stereocenters. The first-order valence-corrected chi connectivity index (χ1v) is 16.0. The normalized spacial score (nSPS) is 18.0. The number of alkyl halides is 5. The zero-order valence-corrected chi connectivity index (χ0v) is 27.7. The van der Waals surface area contributed by atoms with E-state index in [4.69, 9.17) is 5.73 Å². The van der Waals surface area contributed by atoms with Crippen molar-refractivity contribution in [3.8, 4) is 23.0 Å². The molecule has 1 saturated carbocycles. The Morgan fingerprint density at radius 3 is 2.32 bits per heavy atom. The smallest absolute Gasteiger partial charge is 0.378 e. The van der Waals surface area contributed by atoms with Crippen LogP contribution >= 0.6 is 0 Å². The molecule has 2 aromatic carbocycles. The highest BCUT2D eigenvalue weighted by atomic mass is 19.4. The number of hydrogen-bond donors (Lipinski definition) is 3. The molecule has 4 aromatic rings. The molecule has 0 radical (unpaired) electrons. The molecule has 17 heteroatoms. The summed E-state index contributed by atoms with van der Waals surface area (Å²) in [6.45, 7) is 1.55. The van der Waals surface area contributed by atoms with Crippen LogP contribution in [0.15, 0.2) is 42.5 Å². The maximum Gasteiger partial charge on any atom is 0.435 e. The SMILES string of the molecule is CC(C)(O)C#Cc1ccc(-c2cc(F)c(F)c(C(N)=O)c2)c([C@H](Cc2cc(F)cc(F)c2)NC(=O)Cn2nc(C(F)(F)F)c3c2C(F)(F)[C@@H]2CC[C@H]32)n1. The Hall–Kier alpha value is -5.37. The summed E-state index contributed by atoms with van der Waals surface area (Å²) in [5.41, 5.74) is -1.17. The molecule has 0 bridgehead atoms. The maximum absolute atomic E-state index is 15.5. The number of nitrogens with one attached hydrogen (secondary N) is 1. The Kier molecular flexibility index (Phi) is 9.34. The Balaban J connectivity index is 1.48. The number of nitrogens with zero attached hydrogens (tertiary/aromatic N) is 3. The second-order valence-corrected chi connectivity index (χ2v) is 13.4. The Bertz CT molecular complexity index is 2200. The Morgan fingerprint density at radius 1 is 1.06 bits per heavy atom. The fraction of sp³-hybridized carbons (Fsp3) is 0.333. The summed E-state index contributed by atoms with van der Waals surface area (Å²) in [6.07, 6.45) is -5.59. The van der Waals surface area contributed by atoms with E-state index in [0.29, 0.717) is 16.8 Å². The van der Waals surface area contributed by atoms with Crippen LogP contribution in [0.25, 0.3) is 11.1 Å². The standard InChI is InChI=1S/C36H28F9N5O3/c1-34(2,53)8-7-20-3-4-21(17-12-23(33(46)52)29(40)25(39)13-17)30(47-20)26(11-16-9-18(37)14-19(38)10-16)48-27(51)15-50-32-28(31(49-50)36(43,44)45)22-5-6-24(22)35(32,41)42/h3-4,9-10,12-14,22,24,26,53H,5-6,11,15H2,1-2H3,(H2,46,52)(H,48,51)/t22-,24+,26-/m0/s1. The predicted molar refractivity (Wildman–Crippen MR) is 169 cm³/mol. The van der Waals surface area contributed by atoms with E-state index in [1.165, 1.54) is 26.0 Å². The number of primary amides is 1. The molecule has 53 heavy (non-hydrogen) atoms. The fourth-order valence-electron chi connectivity index (χ4n) is 6.71. The molecule has 4 N–H and O–H groups in total. The molecule has 2 aliphatic rings. The van der Waals surface area contributed by atoms with Crippen molar-refractivity contribution in [3.05, 3.63) is 105 Å². The van der Waals surface area contributed by atoms with Gasteiger partial charge in [0.05, 0.1) is 17.3 Å². The summed E-state index contributed by atoms with van der Waals surface area (Å²) in [4.78, 5) is 30.1. The second kappa shape index (κ2) is 13.2. The van der Waals surface area contributed by atoms with E-state index in [-0.39, 0.29) is 40.9 Å². The number of amides is 2. The van der Waals surface area contributed by atoms with Crippen molar-refractivity contribution >= 4 is 11.8 Å². The highest BCUT2D eigenvalue weighted by molar-refractivity contribution is 5.94. The van der Waals surface area contributed by atoms with Gasteiger partial charge in [0.15, 0.2) is 17.3 Å². The average Bonchev–Trinajstić information content (AvgIpc) is 3.45. The molecule has 2 aliphatic carbocycles. The highest BCUT2D eigenvalue weighted by Gasteiger charge is 2.63. The third-order valence-corrected chi connectivity index (χ3v) is 9.03. The van der Waals surface area contributed by atoms with Crippen molar-refractivity contribution < 1.29 is 54.2 Å². The summed E-state index contributed by atoms with van der Waals surface area (Å²) in [6, 6.07) is 4.93. The third kappa shape index (κ3) is 7.32. The quantitative estimate of drug-likeness (QED) is 0.141. The number of aromatic nitrogens is 3. The average molecular weight is 750 g/mol. The van der Waals surface area contributed by atoms with E-state index in [0.717, 1.165) is 18.2 Å². The monoisotopic (exact) mass is 749 g/mol. The van der Waals surface area contributed by atoms with Gasteiger partial charge in [0.1, 0.15) is 35.2 Å². The van der Waals surface area contributed by atoms with Gasteiger partial charge in [-0.3, -0.25) is 14.3 Å². The lowest BCUT2D eigenvalue weighted by Crippen LogP contribution is -2.36. The number of nitrogens with two attached hydrogens (primary N) is 1. The van der Waals surface area contributed by atoms with E-state index >= 15 is 8.78 Å². The van der Waals surface area contributed by atoms with Crippen molar-refractivity contribution in [2.24, 2.45) is 11.7 Å². The molecule has 278 valence electrons. The van der Waals surface area contributed by atoms with Crippen molar-refractivity contribution in [2.45, 2.75) is 69.3 Å². The molecule has 0 aliphatic heterocycles. The molecular weight excluding hydrogens is 721 g/mol. The Morgan fingerprint density at radius 2 is 1.74 bits per heavy atom. The maximum atomic E-state index is 15.5. The summed E-state index contributed by atoms with van der Waals surface area (Å²) >= 11 is 0. The zero-order chi connectivity index (χ0) is 38.8. The number of carbonyl (C=O) groups excluding carboxylic acids is 2. The van der Waals surface area contributed by atoms with Gasteiger partial charge >= 0.3 is 6.18 Å². The van der Waals surface area contributed by atoms with Gasteiger partial charge in [-0.05, 0) is 92.5 Å². The van der Waals surface area contributed by atoms with Crippen LogP contribution in [0.3, 0.4) is 0 Å². The number of rotatable bonds is 8. The van der Waals surface area contributed by atoms with E-state index in [2.05, 4.69) is 27.2 Å². The van der Waals surface area contributed by atoms with E-state index in [1.54, 1.807) is 0 Å². The van der Waals surface area contributed by atoms with Gasteiger partial charge < -0.3 is 16.2 Å². The van der Waals surface area contributed by atoms with Crippen molar-refractivity contribution in [3.63, 3.8) is 0 Å². The van der Waals surface area contributed by atoms with Gasteiger partial charge in [0.2, 0.25) is 5.91 Å². The van der Waals surface area contributed by atoms with Gasteiger partial charge in [-0.15, -0.1) is 0 Å². The first kappa shape index (κ1) is 37.4. The first-order chi connectivity index (χ1) is 24.6. The van der Waals surface area contributed by atoms with Gasteiger partial charge in [0, 0.05) is 23.1 Å². The first-order valence-electron chi connectivity index (χ1n) is 16.0. The molecule has 6 rings (SSSR count). The van der Waals surface area contributed by atoms with E-state index in [1.807, 2.05) is 0 Å². The number of benzene rings is 2. The van der Waals surface area contributed by atoms with Crippen LogP contribution in [0.5, 0.6) is 0 Å². The Labute approximate surface area is 295 Å². The third-order valence-electron chi connectivity index (χ3n) is 9.03. The van der Waals surface area contributed by atoms with E-state index in [9.17, 15) is 45.4 Å².